The Morgan fingerprint density at radius 1 is 0.622 bits per heavy atom. The van der Waals surface area contributed by atoms with E-state index in [0.717, 1.165) is 93.7 Å². The Kier molecular flexibility index (Phi) is 8.78. The zero-order valence-electron chi connectivity index (χ0n) is 25.3. The molecule has 0 atom stereocenters. The largest absolute Gasteiger partial charge is 0.398 e. The van der Waals surface area contributed by atoms with E-state index in [-0.39, 0.29) is 0 Å². The van der Waals surface area contributed by atoms with E-state index in [9.17, 15) is 0 Å². The van der Waals surface area contributed by atoms with Gasteiger partial charge in [-0.3, -0.25) is 14.8 Å². The summed E-state index contributed by atoms with van der Waals surface area (Å²) >= 11 is 20.8. The average molecular weight is 656 g/mol. The standard InChI is InChI=1S/C38H37Cl3N4/c39-31-14-15-32-35(42)23-37(43-36(32)22-31)38(28-8-2-1-3-9-28,29-12-10-26(33(40)20-29)24-44-16-4-5-17-44)30-13-11-27(34(41)21-30)25-45-18-6-7-19-45/h1-3,8-15,20-23H,4-7,16-19,24-25H2,(H2,42,43). The Hall–Kier alpha value is -3.12. The van der Waals surface area contributed by atoms with E-state index in [1.165, 1.54) is 25.7 Å². The summed E-state index contributed by atoms with van der Waals surface area (Å²) < 4.78 is 0. The van der Waals surface area contributed by atoms with Crippen molar-refractivity contribution in [3.8, 4) is 0 Å². The van der Waals surface area contributed by atoms with E-state index in [0.29, 0.717) is 10.7 Å². The van der Waals surface area contributed by atoms with Crippen LogP contribution in [0.15, 0.2) is 91.0 Å². The van der Waals surface area contributed by atoms with Crippen molar-refractivity contribution in [3.63, 3.8) is 0 Å². The predicted octanol–water partition coefficient (Wildman–Crippen LogP) is 9.35. The van der Waals surface area contributed by atoms with E-state index in [2.05, 4.69) is 70.5 Å². The van der Waals surface area contributed by atoms with Gasteiger partial charge in [0.05, 0.1) is 16.6 Å². The highest BCUT2D eigenvalue weighted by Crippen LogP contribution is 2.47. The lowest BCUT2D eigenvalue weighted by molar-refractivity contribution is 0.331. The number of pyridine rings is 1. The fourth-order valence-corrected chi connectivity index (χ4v) is 7.88. The molecular weight excluding hydrogens is 619 g/mol. The molecular formula is C38H37Cl3N4. The molecule has 0 radical (unpaired) electrons. The second-order valence-corrected chi connectivity index (χ2v) is 13.7. The number of nitrogens with two attached hydrogens (primary N) is 1. The summed E-state index contributed by atoms with van der Waals surface area (Å²) in [6, 6.07) is 31.1. The Balaban J connectivity index is 1.47. The fourth-order valence-electron chi connectivity index (χ4n) is 7.23. The summed E-state index contributed by atoms with van der Waals surface area (Å²) in [7, 11) is 0. The van der Waals surface area contributed by atoms with Crippen LogP contribution in [0.1, 0.15) is 59.2 Å². The molecule has 2 aliphatic heterocycles. The van der Waals surface area contributed by atoms with Crippen LogP contribution in [0.5, 0.6) is 0 Å². The van der Waals surface area contributed by atoms with Crippen molar-refractivity contribution < 1.29 is 0 Å². The minimum Gasteiger partial charge on any atom is -0.398 e. The molecule has 0 saturated carbocycles. The van der Waals surface area contributed by atoms with Crippen molar-refractivity contribution in [1.29, 1.82) is 0 Å². The van der Waals surface area contributed by atoms with Crippen LogP contribution in [-0.2, 0) is 18.5 Å². The number of anilines is 1. The molecule has 230 valence electrons. The summed E-state index contributed by atoms with van der Waals surface area (Å²) in [5, 5.41) is 2.96. The van der Waals surface area contributed by atoms with Gasteiger partial charge in [-0.25, -0.2) is 0 Å². The van der Waals surface area contributed by atoms with Gasteiger partial charge in [0.2, 0.25) is 0 Å². The zero-order chi connectivity index (χ0) is 31.0. The van der Waals surface area contributed by atoms with E-state index >= 15 is 0 Å². The molecule has 2 fully saturated rings. The Morgan fingerprint density at radius 3 is 1.71 bits per heavy atom. The highest BCUT2D eigenvalue weighted by molar-refractivity contribution is 6.32. The SMILES string of the molecule is Nc1cc(C(c2ccccc2)(c2ccc(CN3CCCC3)c(Cl)c2)c2ccc(CN3CCCC3)c(Cl)c2)nc2cc(Cl)ccc12. The van der Waals surface area contributed by atoms with Crippen molar-refractivity contribution in [1.82, 2.24) is 14.8 Å². The normalized spacial score (nSPS) is 16.2. The van der Waals surface area contributed by atoms with Crippen LogP contribution in [0.2, 0.25) is 15.1 Å². The van der Waals surface area contributed by atoms with Crippen molar-refractivity contribution in [2.45, 2.75) is 44.2 Å². The van der Waals surface area contributed by atoms with Gasteiger partial charge in [0.15, 0.2) is 0 Å². The number of likely N-dealkylation sites (tertiary alicyclic amines) is 2. The first-order valence-corrected chi connectivity index (χ1v) is 17.0. The summed E-state index contributed by atoms with van der Waals surface area (Å²) in [4.78, 5) is 10.2. The number of aromatic nitrogens is 1. The Labute approximate surface area is 280 Å². The van der Waals surface area contributed by atoms with Crippen LogP contribution in [0.4, 0.5) is 5.69 Å². The molecule has 7 rings (SSSR count). The molecule has 2 aliphatic rings. The number of nitrogen functional groups attached to an aromatic ring is 1. The van der Waals surface area contributed by atoms with E-state index < -0.39 is 5.41 Å². The van der Waals surface area contributed by atoms with Gasteiger partial charge in [0.1, 0.15) is 0 Å². The predicted molar refractivity (Wildman–Crippen MR) is 189 cm³/mol. The Bertz CT molecular complexity index is 1760. The van der Waals surface area contributed by atoms with Crippen molar-refractivity contribution in [2.75, 3.05) is 31.9 Å². The summed E-state index contributed by atoms with van der Waals surface area (Å²) in [5.41, 5.74) is 13.4. The minimum absolute atomic E-state index is 0.612. The van der Waals surface area contributed by atoms with Crippen LogP contribution in [0.3, 0.4) is 0 Å². The molecule has 5 aromatic rings. The number of halogens is 3. The quantitative estimate of drug-likeness (QED) is 0.169. The van der Waals surface area contributed by atoms with Gasteiger partial charge in [-0.15, -0.1) is 0 Å². The molecule has 7 heteroatoms. The second kappa shape index (κ2) is 12.9. The lowest BCUT2D eigenvalue weighted by atomic mass is 9.66. The third-order valence-electron chi connectivity index (χ3n) is 9.55. The molecule has 4 nitrogen and oxygen atoms in total. The molecule has 0 bridgehead atoms. The second-order valence-electron chi connectivity index (χ2n) is 12.5. The van der Waals surface area contributed by atoms with E-state index in [4.69, 9.17) is 45.5 Å². The van der Waals surface area contributed by atoms with E-state index in [1.807, 2.05) is 30.3 Å². The van der Waals surface area contributed by atoms with Gasteiger partial charge < -0.3 is 5.73 Å². The van der Waals surface area contributed by atoms with Crippen LogP contribution in [-0.4, -0.2) is 41.0 Å². The molecule has 0 aliphatic carbocycles. The molecule has 1 aromatic heterocycles. The molecule has 0 unspecified atom stereocenters. The molecule has 2 saturated heterocycles. The van der Waals surface area contributed by atoms with Gasteiger partial charge >= 0.3 is 0 Å². The molecule has 3 heterocycles. The summed E-state index contributed by atoms with van der Waals surface area (Å²) in [6.45, 7) is 6.12. The first-order valence-electron chi connectivity index (χ1n) is 15.9. The van der Waals surface area contributed by atoms with Gasteiger partial charge in [-0.2, -0.15) is 0 Å². The number of nitrogens with zero attached hydrogens (tertiary/aromatic N) is 3. The molecule has 0 amide bonds. The molecule has 0 spiro atoms. The highest BCUT2D eigenvalue weighted by Gasteiger charge is 2.41. The maximum atomic E-state index is 7.15. The smallest absolute Gasteiger partial charge is 0.0875 e. The topological polar surface area (TPSA) is 45.4 Å². The van der Waals surface area contributed by atoms with Crippen LogP contribution < -0.4 is 5.73 Å². The minimum atomic E-state index is -0.864. The first kappa shape index (κ1) is 30.5. The summed E-state index contributed by atoms with van der Waals surface area (Å²) in [5.74, 6) is 0. The highest BCUT2D eigenvalue weighted by atomic mass is 35.5. The summed E-state index contributed by atoms with van der Waals surface area (Å²) in [6.07, 6.45) is 4.95. The van der Waals surface area contributed by atoms with Gasteiger partial charge in [0.25, 0.3) is 0 Å². The number of benzene rings is 4. The van der Waals surface area contributed by atoms with Crippen LogP contribution >= 0.6 is 34.8 Å². The van der Waals surface area contributed by atoms with Crippen LogP contribution in [0, 0.1) is 0 Å². The van der Waals surface area contributed by atoms with Crippen molar-refractivity contribution >= 4 is 51.4 Å². The number of rotatable bonds is 8. The zero-order valence-corrected chi connectivity index (χ0v) is 27.6. The van der Waals surface area contributed by atoms with Gasteiger partial charge in [-0.05, 0) is 116 Å². The monoisotopic (exact) mass is 654 g/mol. The van der Waals surface area contributed by atoms with E-state index in [1.54, 1.807) is 0 Å². The number of hydrogen-bond acceptors (Lipinski definition) is 4. The van der Waals surface area contributed by atoms with Gasteiger partial charge in [0, 0.05) is 39.2 Å². The molecule has 2 N–H and O–H groups in total. The fraction of sp³-hybridized carbons (Fsp3) is 0.289. The molecule has 4 aromatic carbocycles. The van der Waals surface area contributed by atoms with Crippen molar-refractivity contribution in [2.24, 2.45) is 0 Å². The Morgan fingerprint density at radius 2 is 1.18 bits per heavy atom. The number of fused-ring (bicyclic) bond motifs is 1. The van der Waals surface area contributed by atoms with Crippen molar-refractivity contribution in [3.05, 3.63) is 140 Å². The third-order valence-corrected chi connectivity index (χ3v) is 10.5. The number of hydrogen-bond donors (Lipinski definition) is 1. The maximum absolute atomic E-state index is 7.15. The lowest BCUT2D eigenvalue weighted by Gasteiger charge is -2.37. The average Bonchev–Trinajstić information content (AvgIpc) is 3.75. The first-order chi connectivity index (χ1) is 21.9. The maximum Gasteiger partial charge on any atom is 0.0875 e. The van der Waals surface area contributed by atoms with Crippen LogP contribution in [0.25, 0.3) is 10.9 Å². The van der Waals surface area contributed by atoms with Gasteiger partial charge in [-0.1, -0.05) is 89.4 Å². The lowest BCUT2D eigenvalue weighted by Crippen LogP contribution is -2.32. The third kappa shape index (κ3) is 5.95. The molecule has 45 heavy (non-hydrogen) atoms.